The van der Waals surface area contributed by atoms with Crippen molar-refractivity contribution in [3.8, 4) is 5.75 Å². The van der Waals surface area contributed by atoms with Gasteiger partial charge in [0, 0.05) is 18.2 Å². The number of benzene rings is 1. The second kappa shape index (κ2) is 7.50. The first-order valence-electron chi connectivity index (χ1n) is 5.93. The van der Waals surface area contributed by atoms with E-state index >= 15 is 0 Å². The molecule has 0 aliphatic carbocycles. The Hall–Kier alpha value is -1.81. The molecule has 0 saturated heterocycles. The van der Waals surface area contributed by atoms with Crippen molar-refractivity contribution in [2.24, 2.45) is 5.73 Å². The number of hydrogen-bond acceptors (Lipinski definition) is 3. The van der Waals surface area contributed by atoms with Crippen molar-refractivity contribution in [1.29, 1.82) is 0 Å². The summed E-state index contributed by atoms with van der Waals surface area (Å²) in [7, 11) is 4.06. The van der Waals surface area contributed by atoms with Crippen LogP contribution in [0.15, 0.2) is 30.3 Å². The first kappa shape index (κ1) is 14.3. The Morgan fingerprint density at radius 1 is 1.39 bits per heavy atom. The highest BCUT2D eigenvalue weighted by Gasteiger charge is 2.00. The molecule has 0 radical (unpaired) electrons. The molecule has 0 aliphatic rings. The molecule has 1 aromatic carbocycles. The smallest absolute Gasteiger partial charge is 0.241 e. The number of carbonyl (C=O) groups excluding carboxylic acids is 1. The zero-order chi connectivity index (χ0) is 13.4. The summed E-state index contributed by atoms with van der Waals surface area (Å²) in [6.45, 7) is 1.64. The number of nitrogens with two attached hydrogens (primary N) is 1. The average Bonchev–Trinajstić information content (AvgIpc) is 2.33. The van der Waals surface area contributed by atoms with Crippen LogP contribution >= 0.6 is 0 Å². The number of para-hydroxylation sites is 1. The highest BCUT2D eigenvalue weighted by Crippen LogP contribution is 2.19. The van der Waals surface area contributed by atoms with E-state index < -0.39 is 5.91 Å². The summed E-state index contributed by atoms with van der Waals surface area (Å²) >= 11 is 0. The third kappa shape index (κ3) is 5.50. The van der Waals surface area contributed by atoms with Crippen molar-refractivity contribution < 1.29 is 9.53 Å². The molecule has 0 aliphatic heterocycles. The molecule has 0 fully saturated rings. The third-order valence-electron chi connectivity index (χ3n) is 2.35. The van der Waals surface area contributed by atoms with Gasteiger partial charge in [-0.25, -0.2) is 0 Å². The molecular formula is C14H20N2O2. The maximum Gasteiger partial charge on any atom is 0.241 e. The van der Waals surface area contributed by atoms with Crippen LogP contribution in [-0.4, -0.2) is 38.1 Å². The van der Waals surface area contributed by atoms with Crippen LogP contribution in [0.3, 0.4) is 0 Å². The molecule has 1 rings (SSSR count). The Bertz CT molecular complexity index is 414. The van der Waals surface area contributed by atoms with Crippen molar-refractivity contribution in [2.75, 3.05) is 27.2 Å². The molecule has 4 nitrogen and oxygen atoms in total. The zero-order valence-corrected chi connectivity index (χ0v) is 10.9. The molecule has 0 aromatic heterocycles. The van der Waals surface area contributed by atoms with Crippen molar-refractivity contribution in [3.63, 3.8) is 0 Å². The molecule has 0 atom stereocenters. The lowest BCUT2D eigenvalue weighted by Crippen LogP contribution is -2.15. The van der Waals surface area contributed by atoms with E-state index in [4.69, 9.17) is 10.5 Å². The fourth-order valence-corrected chi connectivity index (χ4v) is 1.48. The molecule has 1 amide bonds. The minimum absolute atomic E-state index is 0.461. The van der Waals surface area contributed by atoms with Crippen LogP contribution in [0.4, 0.5) is 0 Å². The minimum Gasteiger partial charge on any atom is -0.493 e. The van der Waals surface area contributed by atoms with Crippen LogP contribution in [0, 0.1) is 0 Å². The molecule has 0 bridgehead atoms. The summed E-state index contributed by atoms with van der Waals surface area (Å²) in [4.78, 5) is 12.8. The lowest BCUT2D eigenvalue weighted by atomic mass is 10.2. The summed E-state index contributed by atoms with van der Waals surface area (Å²) in [5.74, 6) is 0.311. The molecule has 0 unspecified atom stereocenters. The number of rotatable bonds is 7. The Morgan fingerprint density at radius 2 is 2.11 bits per heavy atom. The van der Waals surface area contributed by atoms with Gasteiger partial charge < -0.3 is 15.4 Å². The van der Waals surface area contributed by atoms with Gasteiger partial charge in [-0.3, -0.25) is 4.79 Å². The van der Waals surface area contributed by atoms with Crippen LogP contribution in [0.25, 0.3) is 6.08 Å². The predicted octanol–water partition coefficient (Wildman–Crippen LogP) is 1.52. The van der Waals surface area contributed by atoms with Gasteiger partial charge >= 0.3 is 0 Å². The second-order valence-corrected chi connectivity index (χ2v) is 4.28. The van der Waals surface area contributed by atoms with Crippen molar-refractivity contribution >= 4 is 12.0 Å². The summed E-state index contributed by atoms with van der Waals surface area (Å²) in [6.07, 6.45) is 3.96. The Kier molecular flexibility index (Phi) is 5.94. The summed E-state index contributed by atoms with van der Waals surface area (Å²) < 4.78 is 5.69. The van der Waals surface area contributed by atoms with E-state index in [1.54, 1.807) is 6.08 Å². The van der Waals surface area contributed by atoms with Crippen LogP contribution in [0.5, 0.6) is 5.75 Å². The highest BCUT2D eigenvalue weighted by atomic mass is 16.5. The Morgan fingerprint density at radius 3 is 2.78 bits per heavy atom. The van der Waals surface area contributed by atoms with Gasteiger partial charge in [0.05, 0.1) is 6.61 Å². The van der Waals surface area contributed by atoms with Gasteiger partial charge in [0.1, 0.15) is 5.75 Å². The third-order valence-corrected chi connectivity index (χ3v) is 2.35. The van der Waals surface area contributed by atoms with Gasteiger partial charge in [0.15, 0.2) is 0 Å². The van der Waals surface area contributed by atoms with Crippen LogP contribution in [0.1, 0.15) is 12.0 Å². The molecule has 4 heteroatoms. The minimum atomic E-state index is -0.461. The van der Waals surface area contributed by atoms with E-state index in [1.807, 2.05) is 38.4 Å². The van der Waals surface area contributed by atoms with Gasteiger partial charge in [-0.2, -0.15) is 0 Å². The summed E-state index contributed by atoms with van der Waals surface area (Å²) in [5.41, 5.74) is 5.94. The number of amides is 1. The van der Waals surface area contributed by atoms with Crippen molar-refractivity contribution in [3.05, 3.63) is 35.9 Å². The topological polar surface area (TPSA) is 55.6 Å². The maximum atomic E-state index is 10.7. The predicted molar refractivity (Wildman–Crippen MR) is 73.3 cm³/mol. The molecule has 0 heterocycles. The SMILES string of the molecule is CN(C)CCCOc1ccccc1/C=C\C(N)=O. The Labute approximate surface area is 108 Å². The molecule has 0 spiro atoms. The lowest BCUT2D eigenvalue weighted by Gasteiger charge is -2.11. The van der Waals surface area contributed by atoms with Crippen LogP contribution < -0.4 is 10.5 Å². The number of nitrogens with zero attached hydrogens (tertiary/aromatic N) is 1. The maximum absolute atomic E-state index is 10.7. The second-order valence-electron chi connectivity index (χ2n) is 4.28. The van der Waals surface area contributed by atoms with E-state index in [2.05, 4.69) is 4.90 Å². The standard InChI is InChI=1S/C14H20N2O2/c1-16(2)10-5-11-18-13-7-4-3-6-12(13)8-9-14(15)17/h3-4,6-9H,5,10-11H2,1-2H3,(H2,15,17)/b9-8-. The largest absolute Gasteiger partial charge is 0.493 e. The number of carbonyl (C=O) groups is 1. The van der Waals surface area contributed by atoms with Gasteiger partial charge in [-0.15, -0.1) is 0 Å². The molecular weight excluding hydrogens is 228 g/mol. The number of hydrogen-bond donors (Lipinski definition) is 1. The average molecular weight is 248 g/mol. The first-order valence-corrected chi connectivity index (χ1v) is 5.93. The summed E-state index contributed by atoms with van der Waals surface area (Å²) in [6, 6.07) is 7.58. The zero-order valence-electron chi connectivity index (χ0n) is 10.9. The van der Waals surface area contributed by atoms with Crippen molar-refractivity contribution in [2.45, 2.75) is 6.42 Å². The normalized spacial score (nSPS) is 11.1. The van der Waals surface area contributed by atoms with E-state index in [-0.39, 0.29) is 0 Å². The molecule has 2 N–H and O–H groups in total. The summed E-state index contributed by atoms with van der Waals surface area (Å²) in [5, 5.41) is 0. The van der Waals surface area contributed by atoms with Crippen LogP contribution in [0.2, 0.25) is 0 Å². The monoisotopic (exact) mass is 248 g/mol. The first-order chi connectivity index (χ1) is 8.59. The van der Waals surface area contributed by atoms with Crippen LogP contribution in [-0.2, 0) is 4.79 Å². The molecule has 98 valence electrons. The fraction of sp³-hybridized carbons (Fsp3) is 0.357. The van der Waals surface area contributed by atoms with Gasteiger partial charge in [-0.05, 0) is 32.7 Å². The van der Waals surface area contributed by atoms with Gasteiger partial charge in [-0.1, -0.05) is 18.2 Å². The number of primary amides is 1. The van der Waals surface area contributed by atoms with Gasteiger partial charge in [0.2, 0.25) is 5.91 Å². The number of ether oxygens (including phenoxy) is 1. The van der Waals surface area contributed by atoms with Crippen molar-refractivity contribution in [1.82, 2.24) is 4.90 Å². The highest BCUT2D eigenvalue weighted by molar-refractivity contribution is 5.90. The lowest BCUT2D eigenvalue weighted by molar-refractivity contribution is -0.113. The quantitative estimate of drug-likeness (QED) is 0.588. The van der Waals surface area contributed by atoms with E-state index in [9.17, 15) is 4.79 Å². The molecule has 1 aromatic rings. The van der Waals surface area contributed by atoms with E-state index in [0.717, 1.165) is 24.3 Å². The molecule has 18 heavy (non-hydrogen) atoms. The van der Waals surface area contributed by atoms with E-state index in [0.29, 0.717) is 6.61 Å². The Balaban J connectivity index is 2.56. The molecule has 0 saturated carbocycles. The van der Waals surface area contributed by atoms with E-state index in [1.165, 1.54) is 6.08 Å². The van der Waals surface area contributed by atoms with Gasteiger partial charge in [0.25, 0.3) is 0 Å². The fourth-order valence-electron chi connectivity index (χ4n) is 1.48.